The summed E-state index contributed by atoms with van der Waals surface area (Å²) in [6, 6.07) is -0.993. The van der Waals surface area contributed by atoms with Gasteiger partial charge in [0.1, 0.15) is 6.04 Å². The highest BCUT2D eigenvalue weighted by Gasteiger charge is 2.18. The van der Waals surface area contributed by atoms with Crippen molar-refractivity contribution < 1.29 is 14.7 Å². The van der Waals surface area contributed by atoms with Crippen LogP contribution in [0, 0.1) is 0 Å². The number of nitrogens with two attached hydrogens (primary N) is 1. The first-order chi connectivity index (χ1) is 6.51. The molecule has 1 unspecified atom stereocenters. The van der Waals surface area contributed by atoms with E-state index in [1.165, 1.54) is 0 Å². The van der Waals surface area contributed by atoms with E-state index >= 15 is 0 Å². The van der Waals surface area contributed by atoms with Crippen LogP contribution in [0.25, 0.3) is 0 Å². The number of carbonyl (C=O) groups excluding carboxylic acids is 1. The van der Waals surface area contributed by atoms with E-state index in [1.54, 1.807) is 6.92 Å². The van der Waals surface area contributed by atoms with Gasteiger partial charge in [0.2, 0.25) is 5.91 Å². The molecule has 1 amide bonds. The summed E-state index contributed by atoms with van der Waals surface area (Å²) in [5.41, 5.74) is 5.56. The van der Waals surface area contributed by atoms with Crippen LogP contribution >= 0.6 is 0 Å². The summed E-state index contributed by atoms with van der Waals surface area (Å²) in [7, 11) is 0. The molecule has 14 heavy (non-hydrogen) atoms. The van der Waals surface area contributed by atoms with Gasteiger partial charge in [0.25, 0.3) is 0 Å². The summed E-state index contributed by atoms with van der Waals surface area (Å²) >= 11 is 0. The van der Waals surface area contributed by atoms with Crippen molar-refractivity contribution in [1.29, 1.82) is 0 Å². The smallest absolute Gasteiger partial charge is 0.326 e. The third kappa shape index (κ3) is 4.81. The minimum absolute atomic E-state index is 0.181. The van der Waals surface area contributed by atoms with E-state index in [0.29, 0.717) is 12.8 Å². The number of aliphatic carboxylic acids is 1. The lowest BCUT2D eigenvalue weighted by Gasteiger charge is -2.14. The SMILES string of the molecule is CCC(N)CC(=O)N[C@H](CC)C(=O)O. The van der Waals surface area contributed by atoms with Gasteiger partial charge >= 0.3 is 5.97 Å². The fourth-order valence-electron chi connectivity index (χ4n) is 0.974. The molecular formula is C9H18N2O3. The second-order valence-electron chi connectivity index (χ2n) is 3.24. The Morgan fingerprint density at radius 1 is 1.36 bits per heavy atom. The van der Waals surface area contributed by atoms with Crippen molar-refractivity contribution in [2.24, 2.45) is 5.73 Å². The Morgan fingerprint density at radius 3 is 2.29 bits per heavy atom. The van der Waals surface area contributed by atoms with E-state index in [4.69, 9.17) is 10.8 Å². The lowest BCUT2D eigenvalue weighted by Crippen LogP contribution is -2.42. The summed E-state index contributed by atoms with van der Waals surface area (Å²) < 4.78 is 0. The number of carboxylic acid groups (broad SMARTS) is 1. The van der Waals surface area contributed by atoms with Crippen molar-refractivity contribution in [1.82, 2.24) is 5.32 Å². The largest absolute Gasteiger partial charge is 0.480 e. The first-order valence-electron chi connectivity index (χ1n) is 4.79. The number of hydrogen-bond acceptors (Lipinski definition) is 3. The minimum atomic E-state index is -1.01. The third-order valence-corrected chi connectivity index (χ3v) is 2.01. The number of hydrogen-bond donors (Lipinski definition) is 3. The number of rotatable bonds is 6. The number of nitrogens with one attached hydrogen (secondary N) is 1. The molecule has 82 valence electrons. The Labute approximate surface area is 83.7 Å². The van der Waals surface area contributed by atoms with Gasteiger partial charge in [-0.3, -0.25) is 4.79 Å². The average Bonchev–Trinajstić information content (AvgIpc) is 2.13. The summed E-state index contributed by atoms with van der Waals surface area (Å²) in [5.74, 6) is -1.31. The molecule has 0 aromatic rings. The Bertz CT molecular complexity index is 206. The molecular weight excluding hydrogens is 184 g/mol. The molecule has 2 atom stereocenters. The average molecular weight is 202 g/mol. The molecule has 0 aromatic carbocycles. The lowest BCUT2D eigenvalue weighted by molar-refractivity contribution is -0.141. The zero-order valence-corrected chi connectivity index (χ0v) is 8.62. The Balaban J connectivity index is 3.97. The molecule has 0 bridgehead atoms. The number of carbonyl (C=O) groups is 2. The molecule has 5 nitrogen and oxygen atoms in total. The molecule has 0 saturated carbocycles. The maximum absolute atomic E-state index is 11.2. The highest BCUT2D eigenvalue weighted by Crippen LogP contribution is 1.96. The summed E-state index contributed by atoms with van der Waals surface area (Å²) in [4.78, 5) is 21.8. The van der Waals surface area contributed by atoms with Gasteiger partial charge in [0.15, 0.2) is 0 Å². The standard InChI is InChI=1S/C9H18N2O3/c1-3-6(10)5-8(12)11-7(4-2)9(13)14/h6-7H,3-5,10H2,1-2H3,(H,11,12)(H,13,14)/t6?,7-/m1/s1. The Kier molecular flexibility index (Phi) is 5.87. The van der Waals surface area contributed by atoms with Gasteiger partial charge in [0, 0.05) is 12.5 Å². The van der Waals surface area contributed by atoms with Crippen molar-refractivity contribution in [3.8, 4) is 0 Å². The molecule has 4 N–H and O–H groups in total. The molecule has 0 aliphatic carbocycles. The second kappa shape index (κ2) is 6.37. The third-order valence-electron chi connectivity index (χ3n) is 2.01. The highest BCUT2D eigenvalue weighted by atomic mass is 16.4. The molecule has 0 aromatic heterocycles. The Morgan fingerprint density at radius 2 is 1.93 bits per heavy atom. The molecule has 0 aliphatic heterocycles. The van der Waals surface area contributed by atoms with Crippen molar-refractivity contribution in [2.75, 3.05) is 0 Å². The number of carboxylic acids is 1. The molecule has 0 fully saturated rings. The van der Waals surface area contributed by atoms with Crippen molar-refractivity contribution in [3.05, 3.63) is 0 Å². The predicted octanol–water partition coefficient (Wildman–Crippen LogP) is 0.0932. The van der Waals surface area contributed by atoms with Crippen molar-refractivity contribution in [3.63, 3.8) is 0 Å². The van der Waals surface area contributed by atoms with Gasteiger partial charge in [-0.15, -0.1) is 0 Å². The van der Waals surface area contributed by atoms with Crippen LogP contribution in [-0.4, -0.2) is 29.1 Å². The van der Waals surface area contributed by atoms with Crippen molar-refractivity contribution >= 4 is 11.9 Å². The monoisotopic (exact) mass is 202 g/mol. The van der Waals surface area contributed by atoms with Crippen molar-refractivity contribution in [2.45, 2.75) is 45.2 Å². The van der Waals surface area contributed by atoms with Crippen LogP contribution in [-0.2, 0) is 9.59 Å². The molecule has 0 aliphatic rings. The zero-order valence-electron chi connectivity index (χ0n) is 8.62. The topological polar surface area (TPSA) is 92.4 Å². The lowest BCUT2D eigenvalue weighted by atomic mass is 10.1. The van der Waals surface area contributed by atoms with Gasteiger partial charge in [-0.05, 0) is 12.8 Å². The predicted molar refractivity (Wildman–Crippen MR) is 52.7 cm³/mol. The zero-order chi connectivity index (χ0) is 11.1. The maximum atomic E-state index is 11.2. The number of amides is 1. The normalized spacial score (nSPS) is 14.5. The van der Waals surface area contributed by atoms with E-state index in [-0.39, 0.29) is 18.4 Å². The first kappa shape index (κ1) is 12.9. The molecule has 0 radical (unpaired) electrons. The van der Waals surface area contributed by atoms with Crippen LogP contribution in [0.5, 0.6) is 0 Å². The molecule has 0 saturated heterocycles. The summed E-state index contributed by atoms with van der Waals surface area (Å²) in [6.07, 6.45) is 1.26. The van der Waals surface area contributed by atoms with E-state index in [0.717, 1.165) is 0 Å². The molecule has 0 spiro atoms. The van der Waals surface area contributed by atoms with Gasteiger partial charge in [-0.2, -0.15) is 0 Å². The van der Waals surface area contributed by atoms with Crippen LogP contribution in [0.1, 0.15) is 33.1 Å². The quantitative estimate of drug-likeness (QED) is 0.569. The fourth-order valence-corrected chi connectivity index (χ4v) is 0.974. The van der Waals surface area contributed by atoms with E-state index in [9.17, 15) is 9.59 Å². The van der Waals surface area contributed by atoms with Crippen LogP contribution in [0.3, 0.4) is 0 Å². The Hall–Kier alpha value is -1.10. The van der Waals surface area contributed by atoms with Crippen LogP contribution in [0.4, 0.5) is 0 Å². The van der Waals surface area contributed by atoms with Gasteiger partial charge < -0.3 is 16.2 Å². The van der Waals surface area contributed by atoms with Crippen LogP contribution < -0.4 is 11.1 Å². The van der Waals surface area contributed by atoms with Crippen LogP contribution in [0.2, 0.25) is 0 Å². The highest BCUT2D eigenvalue weighted by molar-refractivity contribution is 5.83. The fraction of sp³-hybridized carbons (Fsp3) is 0.778. The minimum Gasteiger partial charge on any atom is -0.480 e. The van der Waals surface area contributed by atoms with Gasteiger partial charge in [-0.1, -0.05) is 13.8 Å². The van der Waals surface area contributed by atoms with Crippen LogP contribution in [0.15, 0.2) is 0 Å². The van der Waals surface area contributed by atoms with E-state index in [1.807, 2.05) is 6.92 Å². The summed E-state index contributed by atoms with van der Waals surface area (Å²) in [5, 5.41) is 11.1. The van der Waals surface area contributed by atoms with E-state index < -0.39 is 12.0 Å². The first-order valence-corrected chi connectivity index (χ1v) is 4.79. The molecule has 0 heterocycles. The summed E-state index contributed by atoms with van der Waals surface area (Å²) in [6.45, 7) is 3.59. The molecule has 0 rings (SSSR count). The maximum Gasteiger partial charge on any atom is 0.326 e. The second-order valence-corrected chi connectivity index (χ2v) is 3.24. The molecule has 5 heteroatoms. The van der Waals surface area contributed by atoms with Gasteiger partial charge in [-0.25, -0.2) is 4.79 Å². The van der Waals surface area contributed by atoms with E-state index in [2.05, 4.69) is 5.32 Å². The van der Waals surface area contributed by atoms with Gasteiger partial charge in [0.05, 0.1) is 0 Å².